The molecule has 0 saturated heterocycles. The van der Waals surface area contributed by atoms with Crippen molar-refractivity contribution in [3.8, 4) is 0 Å². The number of hydrogen-bond donors (Lipinski definition) is 7. The van der Waals surface area contributed by atoms with Crippen molar-refractivity contribution in [1.29, 1.82) is 0 Å². The highest BCUT2D eigenvalue weighted by molar-refractivity contribution is 5.93. The van der Waals surface area contributed by atoms with Crippen LogP contribution in [0.3, 0.4) is 0 Å². The highest BCUT2D eigenvalue weighted by Crippen LogP contribution is 2.12. The maximum Gasteiger partial charge on any atom is 0.326 e. The van der Waals surface area contributed by atoms with Crippen molar-refractivity contribution in [2.24, 2.45) is 5.73 Å². The van der Waals surface area contributed by atoms with E-state index in [-0.39, 0.29) is 18.9 Å². The summed E-state index contributed by atoms with van der Waals surface area (Å²) in [6, 6.07) is -3.12. The van der Waals surface area contributed by atoms with Crippen LogP contribution in [0.1, 0.15) is 162 Å². The lowest BCUT2D eigenvalue weighted by Crippen LogP contribution is -2.53. The fourth-order valence-corrected chi connectivity index (χ4v) is 5.70. The number of unbranched alkanes of at least 4 members (excludes halogenated alkanes) is 17. The second-order valence-electron chi connectivity index (χ2n) is 14.2. The van der Waals surface area contributed by atoms with Gasteiger partial charge < -0.3 is 37.4 Å². The van der Waals surface area contributed by atoms with E-state index in [0.29, 0.717) is 25.8 Å². The molecule has 0 aliphatic rings. The minimum atomic E-state index is -1.19. The van der Waals surface area contributed by atoms with Gasteiger partial charge >= 0.3 is 5.97 Å². The van der Waals surface area contributed by atoms with Crippen molar-refractivity contribution < 1.29 is 33.9 Å². The number of hydrogen-bond acceptors (Lipinski definition) is 7. The van der Waals surface area contributed by atoms with Gasteiger partial charge in [0, 0.05) is 6.42 Å². The van der Waals surface area contributed by atoms with Crippen LogP contribution in [0.25, 0.3) is 0 Å². The Hall–Kier alpha value is -3.74. The zero-order chi connectivity index (χ0) is 40.2. The minimum Gasteiger partial charge on any atom is -0.480 e. The van der Waals surface area contributed by atoms with Crippen LogP contribution >= 0.6 is 0 Å². The van der Waals surface area contributed by atoms with E-state index in [1.807, 2.05) is 0 Å². The summed E-state index contributed by atoms with van der Waals surface area (Å²) in [5.74, 6) is -3.93. The summed E-state index contributed by atoms with van der Waals surface area (Å²) in [6.07, 6.45) is 32.7. The largest absolute Gasteiger partial charge is 0.480 e. The monoisotopic (exact) mass is 763 g/mol. The topological polar surface area (TPSA) is 209 Å². The number of rotatable bonds is 35. The molecule has 13 heteroatoms. The molecule has 8 N–H and O–H groups in total. The van der Waals surface area contributed by atoms with E-state index in [1.54, 1.807) is 0 Å². The highest BCUT2D eigenvalue weighted by atomic mass is 16.4. The molecule has 310 valence electrons. The molecule has 0 rings (SSSR count). The standard InChI is InChI=1S/C41H74N6O7/c1-4-5-6-7-8-9-10-11-12-13-14-15-16-17-18-19-20-21-22-23-24-25-29-36(48)43-31-37(49)45-33(2)39(51)44-32-38(50)46-34(3)40(52)47-35(41(53)54)28-26-27-30-42/h15-18,33-35H,4-14,19-32,42H2,1-3H3,(H,43,48)(H,44,51)(H,45,49)(H,46,50)(H,47,52)(H,53,54)/b16-15+,18-17+/t33-,34-,35-/m0/s1. The zero-order valence-corrected chi connectivity index (χ0v) is 33.7. The predicted octanol–water partition coefficient (Wildman–Crippen LogP) is 5.47. The first-order valence-electron chi connectivity index (χ1n) is 20.7. The molecule has 0 aliphatic heterocycles. The Kier molecular flexibility index (Phi) is 32.6. The van der Waals surface area contributed by atoms with Gasteiger partial charge in [-0.2, -0.15) is 0 Å². The third kappa shape index (κ3) is 30.7. The molecule has 0 aromatic carbocycles. The lowest BCUT2D eigenvalue weighted by molar-refractivity contribution is -0.142. The van der Waals surface area contributed by atoms with Crippen molar-refractivity contribution in [3.63, 3.8) is 0 Å². The third-order valence-corrected chi connectivity index (χ3v) is 9.10. The van der Waals surface area contributed by atoms with Gasteiger partial charge in [-0.25, -0.2) is 4.79 Å². The van der Waals surface area contributed by atoms with E-state index in [1.165, 1.54) is 78.1 Å². The lowest BCUT2D eigenvalue weighted by Gasteiger charge is -2.19. The molecule has 5 amide bonds. The van der Waals surface area contributed by atoms with E-state index in [4.69, 9.17) is 5.73 Å². The molecule has 0 aromatic heterocycles. The van der Waals surface area contributed by atoms with Crippen LogP contribution in [0.2, 0.25) is 0 Å². The molecule has 0 fully saturated rings. The average molecular weight is 763 g/mol. The predicted molar refractivity (Wildman–Crippen MR) is 215 cm³/mol. The number of nitrogens with one attached hydrogen (secondary N) is 5. The quantitative estimate of drug-likeness (QED) is 0.0325. The van der Waals surface area contributed by atoms with Crippen LogP contribution < -0.4 is 32.3 Å². The van der Waals surface area contributed by atoms with E-state index >= 15 is 0 Å². The van der Waals surface area contributed by atoms with Gasteiger partial charge in [0.1, 0.15) is 18.1 Å². The Bertz CT molecular complexity index is 1110. The Balaban J connectivity index is 3.88. The van der Waals surface area contributed by atoms with Gasteiger partial charge in [-0.15, -0.1) is 0 Å². The first-order chi connectivity index (χ1) is 26.0. The van der Waals surface area contributed by atoms with Gasteiger partial charge in [-0.3, -0.25) is 24.0 Å². The van der Waals surface area contributed by atoms with Crippen molar-refractivity contribution in [1.82, 2.24) is 26.6 Å². The molecule has 3 atom stereocenters. The molecular weight excluding hydrogens is 688 g/mol. The Morgan fingerprint density at radius 3 is 1.52 bits per heavy atom. The lowest BCUT2D eigenvalue weighted by atomic mass is 10.1. The Morgan fingerprint density at radius 1 is 0.556 bits per heavy atom. The molecule has 0 spiro atoms. The van der Waals surface area contributed by atoms with Crippen molar-refractivity contribution in [3.05, 3.63) is 24.3 Å². The summed E-state index contributed by atoms with van der Waals surface area (Å²) in [5, 5.41) is 21.5. The Labute approximate surface area is 325 Å². The van der Waals surface area contributed by atoms with Gasteiger partial charge in [-0.05, 0) is 71.8 Å². The molecule has 0 bridgehead atoms. The van der Waals surface area contributed by atoms with Gasteiger partial charge in [0.25, 0.3) is 0 Å². The summed E-state index contributed by atoms with van der Waals surface area (Å²) < 4.78 is 0. The van der Waals surface area contributed by atoms with E-state index < -0.39 is 54.3 Å². The first-order valence-corrected chi connectivity index (χ1v) is 20.7. The number of carboxylic acid groups (broad SMARTS) is 1. The molecule has 0 aliphatic carbocycles. The number of amides is 5. The summed E-state index contributed by atoms with van der Waals surface area (Å²) >= 11 is 0. The summed E-state index contributed by atoms with van der Waals surface area (Å²) in [6.45, 7) is 4.78. The van der Waals surface area contributed by atoms with Crippen LogP contribution in [0.4, 0.5) is 0 Å². The van der Waals surface area contributed by atoms with Crippen LogP contribution in [-0.2, 0) is 28.8 Å². The van der Waals surface area contributed by atoms with Gasteiger partial charge in [0.05, 0.1) is 13.1 Å². The number of allylic oxidation sites excluding steroid dienone is 4. The molecule has 0 radical (unpaired) electrons. The maximum atomic E-state index is 12.3. The number of carbonyl (C=O) groups excluding carboxylic acids is 5. The summed E-state index contributed by atoms with van der Waals surface area (Å²) in [7, 11) is 0. The van der Waals surface area contributed by atoms with Gasteiger partial charge in [-0.1, -0.05) is 115 Å². The van der Waals surface area contributed by atoms with Crippen molar-refractivity contribution >= 4 is 35.5 Å². The molecule has 0 heterocycles. The maximum absolute atomic E-state index is 12.3. The smallest absolute Gasteiger partial charge is 0.326 e. The van der Waals surface area contributed by atoms with Crippen LogP contribution in [0.15, 0.2) is 24.3 Å². The van der Waals surface area contributed by atoms with Gasteiger partial charge in [0.15, 0.2) is 0 Å². The Morgan fingerprint density at radius 2 is 1.02 bits per heavy atom. The number of carboxylic acids is 1. The van der Waals surface area contributed by atoms with E-state index in [9.17, 15) is 33.9 Å². The fourth-order valence-electron chi connectivity index (χ4n) is 5.70. The van der Waals surface area contributed by atoms with E-state index in [0.717, 1.165) is 51.4 Å². The van der Waals surface area contributed by atoms with Crippen LogP contribution in [-0.4, -0.2) is 78.4 Å². The average Bonchev–Trinajstić information content (AvgIpc) is 3.14. The van der Waals surface area contributed by atoms with Crippen molar-refractivity contribution in [2.45, 2.75) is 180 Å². The molecule has 54 heavy (non-hydrogen) atoms. The van der Waals surface area contributed by atoms with Crippen LogP contribution in [0, 0.1) is 0 Å². The summed E-state index contributed by atoms with van der Waals surface area (Å²) in [5.41, 5.74) is 5.42. The van der Waals surface area contributed by atoms with Crippen molar-refractivity contribution in [2.75, 3.05) is 19.6 Å². The fraction of sp³-hybridized carbons (Fsp3) is 0.756. The molecule has 0 saturated carbocycles. The third-order valence-electron chi connectivity index (χ3n) is 9.10. The molecule has 0 unspecified atom stereocenters. The van der Waals surface area contributed by atoms with Gasteiger partial charge in [0.2, 0.25) is 29.5 Å². The first kappa shape index (κ1) is 50.3. The minimum absolute atomic E-state index is 0.207. The van der Waals surface area contributed by atoms with Crippen LogP contribution in [0.5, 0.6) is 0 Å². The normalized spacial score (nSPS) is 13.0. The highest BCUT2D eigenvalue weighted by Gasteiger charge is 2.24. The SMILES string of the molecule is CCCCCCCCCCCC/C=C/C=C/CCCCCCCCC(=O)NCC(=O)N[C@@H](C)C(=O)NCC(=O)N[C@@H](C)C(=O)N[C@@H](CCCCN)C(=O)O. The zero-order valence-electron chi connectivity index (χ0n) is 33.7. The molecule has 13 nitrogen and oxygen atoms in total. The number of nitrogens with two attached hydrogens (primary N) is 1. The second-order valence-corrected chi connectivity index (χ2v) is 14.2. The second kappa shape index (κ2) is 35.0. The summed E-state index contributed by atoms with van der Waals surface area (Å²) in [4.78, 5) is 72.7. The molecular formula is C41H74N6O7. The number of aliphatic carboxylic acids is 1. The number of carbonyl (C=O) groups is 6. The van der Waals surface area contributed by atoms with E-state index in [2.05, 4.69) is 57.8 Å². The molecule has 0 aromatic rings.